The summed E-state index contributed by atoms with van der Waals surface area (Å²) in [6, 6.07) is 22.6. The van der Waals surface area contributed by atoms with E-state index in [4.69, 9.17) is 0 Å². The zero-order chi connectivity index (χ0) is 21.8. The monoisotopic (exact) mass is 435 g/mol. The van der Waals surface area contributed by atoms with Crippen molar-refractivity contribution < 1.29 is 13.2 Å². The molecule has 1 heterocycles. The summed E-state index contributed by atoms with van der Waals surface area (Å²) in [7, 11) is -2.16. The Morgan fingerprint density at radius 2 is 1.48 bits per heavy atom. The summed E-state index contributed by atoms with van der Waals surface area (Å²) in [6.07, 6.45) is 2.44. The Morgan fingerprint density at radius 3 is 2.10 bits per heavy atom. The molecule has 31 heavy (non-hydrogen) atoms. The van der Waals surface area contributed by atoms with Gasteiger partial charge in [-0.05, 0) is 73.5 Å². The number of sulfonamides is 1. The number of amides is 1. The minimum atomic E-state index is -3.66. The second-order valence-corrected chi connectivity index (χ2v) is 9.50. The van der Waals surface area contributed by atoms with Crippen LogP contribution >= 0.6 is 0 Å². The van der Waals surface area contributed by atoms with Gasteiger partial charge in [0.2, 0.25) is 0 Å². The van der Waals surface area contributed by atoms with Crippen molar-refractivity contribution in [1.82, 2.24) is 0 Å². The first kappa shape index (κ1) is 20.9. The van der Waals surface area contributed by atoms with Crippen molar-refractivity contribution in [3.05, 3.63) is 84.4 Å². The van der Waals surface area contributed by atoms with E-state index in [2.05, 4.69) is 10.2 Å². The number of carbonyl (C=O) groups is 1. The number of nitrogens with zero attached hydrogens (tertiary/aromatic N) is 2. The third-order valence-electron chi connectivity index (χ3n) is 5.49. The smallest absolute Gasteiger partial charge is 0.264 e. The highest BCUT2D eigenvalue weighted by atomic mass is 32.2. The van der Waals surface area contributed by atoms with Gasteiger partial charge in [0.05, 0.1) is 10.6 Å². The van der Waals surface area contributed by atoms with Crippen LogP contribution in [0.25, 0.3) is 0 Å². The van der Waals surface area contributed by atoms with Crippen LogP contribution in [-0.4, -0.2) is 34.5 Å². The molecule has 1 saturated heterocycles. The SMILES string of the molecule is CN(c1ccc(C(=O)Nc2ccc(N3CCCC3)cc2)cc1)S(=O)(=O)c1ccccc1. The first-order valence-corrected chi connectivity index (χ1v) is 11.7. The Labute approximate surface area is 183 Å². The second kappa shape index (κ2) is 8.81. The number of hydrogen-bond donors (Lipinski definition) is 1. The van der Waals surface area contributed by atoms with Gasteiger partial charge in [-0.25, -0.2) is 8.42 Å². The largest absolute Gasteiger partial charge is 0.372 e. The van der Waals surface area contributed by atoms with Crippen molar-refractivity contribution in [2.75, 3.05) is 34.7 Å². The molecule has 1 aliphatic rings. The van der Waals surface area contributed by atoms with Crippen LogP contribution in [0, 0.1) is 0 Å². The minimum Gasteiger partial charge on any atom is -0.372 e. The zero-order valence-electron chi connectivity index (χ0n) is 17.4. The molecule has 3 aromatic carbocycles. The molecule has 0 bridgehead atoms. The molecule has 0 saturated carbocycles. The lowest BCUT2D eigenvalue weighted by Crippen LogP contribution is -2.26. The van der Waals surface area contributed by atoms with E-state index in [1.807, 2.05) is 24.3 Å². The normalized spacial score (nSPS) is 13.8. The maximum Gasteiger partial charge on any atom is 0.264 e. The van der Waals surface area contributed by atoms with Crippen LogP contribution in [0.1, 0.15) is 23.2 Å². The molecule has 3 aromatic rings. The summed E-state index contributed by atoms with van der Waals surface area (Å²) >= 11 is 0. The molecule has 0 aromatic heterocycles. The topological polar surface area (TPSA) is 69.7 Å². The van der Waals surface area contributed by atoms with E-state index in [9.17, 15) is 13.2 Å². The molecule has 7 heteroatoms. The lowest BCUT2D eigenvalue weighted by atomic mass is 10.2. The molecule has 0 atom stereocenters. The highest BCUT2D eigenvalue weighted by molar-refractivity contribution is 7.92. The third kappa shape index (κ3) is 4.56. The highest BCUT2D eigenvalue weighted by Crippen LogP contribution is 2.24. The fourth-order valence-electron chi connectivity index (χ4n) is 3.65. The second-order valence-electron chi connectivity index (χ2n) is 7.53. The number of hydrogen-bond acceptors (Lipinski definition) is 4. The van der Waals surface area contributed by atoms with E-state index in [0.717, 1.165) is 18.8 Å². The molecule has 4 rings (SSSR count). The van der Waals surface area contributed by atoms with Crippen molar-refractivity contribution in [2.24, 2.45) is 0 Å². The van der Waals surface area contributed by atoms with Crippen LogP contribution in [0.5, 0.6) is 0 Å². The molecule has 0 radical (unpaired) electrons. The first-order chi connectivity index (χ1) is 14.9. The average Bonchev–Trinajstić information content (AvgIpc) is 3.35. The van der Waals surface area contributed by atoms with Gasteiger partial charge in [-0.2, -0.15) is 0 Å². The van der Waals surface area contributed by atoms with Gasteiger partial charge in [0.25, 0.3) is 15.9 Å². The van der Waals surface area contributed by atoms with E-state index in [-0.39, 0.29) is 10.8 Å². The highest BCUT2D eigenvalue weighted by Gasteiger charge is 2.21. The van der Waals surface area contributed by atoms with Gasteiger partial charge in [-0.3, -0.25) is 9.10 Å². The Bertz CT molecular complexity index is 1140. The molecule has 1 amide bonds. The standard InChI is InChI=1S/C24H25N3O3S/c1-26(31(29,30)23-7-3-2-4-8-23)21-13-9-19(10-14-21)24(28)25-20-11-15-22(16-12-20)27-17-5-6-18-27/h2-4,7-16H,5-6,17-18H2,1H3,(H,25,28). The lowest BCUT2D eigenvalue weighted by molar-refractivity contribution is 0.102. The van der Waals surface area contributed by atoms with Crippen molar-refractivity contribution in [3.63, 3.8) is 0 Å². The van der Waals surface area contributed by atoms with Gasteiger partial charge in [0, 0.05) is 37.1 Å². The first-order valence-electron chi connectivity index (χ1n) is 10.3. The Morgan fingerprint density at radius 1 is 0.871 bits per heavy atom. The number of rotatable bonds is 6. The van der Waals surface area contributed by atoms with Crippen molar-refractivity contribution >= 4 is 33.0 Å². The van der Waals surface area contributed by atoms with Gasteiger partial charge in [0.1, 0.15) is 0 Å². The number of anilines is 3. The number of nitrogens with one attached hydrogen (secondary N) is 1. The predicted octanol–water partition coefficient (Wildman–Crippen LogP) is 4.36. The Balaban J connectivity index is 1.43. The van der Waals surface area contributed by atoms with Gasteiger partial charge < -0.3 is 10.2 Å². The van der Waals surface area contributed by atoms with Crippen LogP contribution in [0.2, 0.25) is 0 Å². The van der Waals surface area contributed by atoms with Gasteiger partial charge >= 0.3 is 0 Å². The van der Waals surface area contributed by atoms with Crippen molar-refractivity contribution in [1.29, 1.82) is 0 Å². The summed E-state index contributed by atoms with van der Waals surface area (Å²) in [6.45, 7) is 2.15. The summed E-state index contributed by atoms with van der Waals surface area (Å²) in [5, 5.41) is 2.89. The summed E-state index contributed by atoms with van der Waals surface area (Å²) in [5.41, 5.74) is 2.83. The third-order valence-corrected chi connectivity index (χ3v) is 7.29. The maximum absolute atomic E-state index is 12.8. The Kier molecular flexibility index (Phi) is 5.95. The molecule has 0 spiro atoms. The van der Waals surface area contributed by atoms with Crippen LogP contribution in [0.4, 0.5) is 17.1 Å². The Hall–Kier alpha value is -3.32. The molecule has 1 fully saturated rings. The van der Waals surface area contributed by atoms with Crippen molar-refractivity contribution in [3.8, 4) is 0 Å². The number of benzene rings is 3. The van der Waals surface area contributed by atoms with Crippen LogP contribution in [-0.2, 0) is 10.0 Å². The minimum absolute atomic E-state index is 0.219. The van der Waals surface area contributed by atoms with E-state index in [1.54, 1.807) is 54.6 Å². The van der Waals surface area contributed by atoms with Crippen LogP contribution in [0.3, 0.4) is 0 Å². The zero-order valence-corrected chi connectivity index (χ0v) is 18.2. The molecule has 1 aliphatic heterocycles. The summed E-state index contributed by atoms with van der Waals surface area (Å²) in [4.78, 5) is 15.2. The maximum atomic E-state index is 12.8. The lowest BCUT2D eigenvalue weighted by Gasteiger charge is -2.20. The molecular weight excluding hydrogens is 410 g/mol. The van der Waals surface area contributed by atoms with Crippen LogP contribution in [0.15, 0.2) is 83.8 Å². The molecule has 160 valence electrons. The van der Waals surface area contributed by atoms with Gasteiger partial charge in [-0.15, -0.1) is 0 Å². The quantitative estimate of drug-likeness (QED) is 0.624. The summed E-state index contributed by atoms with van der Waals surface area (Å²) in [5.74, 6) is -0.242. The van der Waals surface area contributed by atoms with E-state index in [1.165, 1.54) is 29.9 Å². The predicted molar refractivity (Wildman–Crippen MR) is 124 cm³/mol. The fraction of sp³-hybridized carbons (Fsp3) is 0.208. The fourth-order valence-corrected chi connectivity index (χ4v) is 4.86. The van der Waals surface area contributed by atoms with Gasteiger partial charge in [0.15, 0.2) is 0 Å². The average molecular weight is 436 g/mol. The molecule has 0 aliphatic carbocycles. The number of carbonyl (C=O) groups excluding carboxylic acids is 1. The molecule has 0 unspecified atom stereocenters. The summed E-state index contributed by atoms with van der Waals surface area (Å²) < 4.78 is 26.7. The molecule has 6 nitrogen and oxygen atoms in total. The molecule has 1 N–H and O–H groups in total. The molecular formula is C24H25N3O3S. The van der Waals surface area contributed by atoms with Crippen molar-refractivity contribution in [2.45, 2.75) is 17.7 Å². The van der Waals surface area contributed by atoms with Gasteiger partial charge in [-0.1, -0.05) is 18.2 Å². The van der Waals surface area contributed by atoms with E-state index >= 15 is 0 Å². The van der Waals surface area contributed by atoms with Crippen LogP contribution < -0.4 is 14.5 Å². The van der Waals surface area contributed by atoms with E-state index < -0.39 is 10.0 Å². The van der Waals surface area contributed by atoms with E-state index in [0.29, 0.717) is 11.3 Å².